The highest BCUT2D eigenvalue weighted by molar-refractivity contribution is 5.43. The molecule has 2 heterocycles. The maximum absolute atomic E-state index is 3.14. The Kier molecular flexibility index (Phi) is 0.372. The van der Waals surface area contributed by atoms with Crippen LogP contribution in [-0.4, -0.2) is 4.98 Å². The van der Waals surface area contributed by atoms with Crippen LogP contribution in [-0.2, 0) is 6.54 Å². The molecule has 0 amide bonds. The summed E-state index contributed by atoms with van der Waals surface area (Å²) in [6.07, 6.45) is 0. The van der Waals surface area contributed by atoms with Crippen molar-refractivity contribution in [2.24, 2.45) is 0 Å². The second-order valence-electron chi connectivity index (χ2n) is 1.75. The minimum absolute atomic E-state index is 0.992. The molecule has 0 aliphatic carbocycles. The van der Waals surface area contributed by atoms with Crippen molar-refractivity contribution < 1.29 is 0 Å². The second-order valence-corrected chi connectivity index (χ2v) is 1.75. The van der Waals surface area contributed by atoms with Crippen LogP contribution in [0.25, 0.3) is 0 Å². The van der Waals surface area contributed by atoms with Crippen LogP contribution in [0.4, 0.5) is 5.82 Å². The van der Waals surface area contributed by atoms with Crippen molar-refractivity contribution in [3.63, 3.8) is 0 Å². The molecule has 2 nitrogen and oxygen atoms in total. The van der Waals surface area contributed by atoms with E-state index in [2.05, 4.69) is 16.4 Å². The van der Waals surface area contributed by atoms with Crippen molar-refractivity contribution >= 4 is 5.82 Å². The minimum atomic E-state index is 0.992. The summed E-state index contributed by atoms with van der Waals surface area (Å²) >= 11 is 0. The molecule has 1 aromatic rings. The summed E-state index contributed by atoms with van der Waals surface area (Å²) in [4.78, 5) is 3.14. The molecule has 0 spiro atoms. The number of hydrogen-bond donors (Lipinski definition) is 2. The monoisotopic (exact) mass is 94.1 g/mol. The van der Waals surface area contributed by atoms with Crippen LogP contribution in [0, 0.1) is 0 Å². The Hall–Kier alpha value is -0.920. The van der Waals surface area contributed by atoms with Gasteiger partial charge in [-0.1, -0.05) is 0 Å². The van der Waals surface area contributed by atoms with Gasteiger partial charge in [-0.2, -0.15) is 0 Å². The molecule has 0 atom stereocenters. The smallest absolute Gasteiger partial charge is 0.103 e. The van der Waals surface area contributed by atoms with Crippen LogP contribution in [0.2, 0.25) is 0 Å². The molecule has 0 saturated heterocycles. The molecule has 2 rings (SSSR count). The van der Waals surface area contributed by atoms with E-state index in [0.29, 0.717) is 0 Å². The van der Waals surface area contributed by atoms with E-state index in [1.54, 1.807) is 0 Å². The Bertz CT molecular complexity index is 159. The van der Waals surface area contributed by atoms with Gasteiger partial charge in [-0.15, -0.1) is 0 Å². The lowest BCUT2D eigenvalue weighted by molar-refractivity contribution is 1.17. The topological polar surface area (TPSA) is 27.8 Å². The zero-order valence-corrected chi connectivity index (χ0v) is 3.86. The Morgan fingerprint density at radius 2 is 2.43 bits per heavy atom. The Labute approximate surface area is 41.5 Å². The van der Waals surface area contributed by atoms with Gasteiger partial charge in [0.1, 0.15) is 5.82 Å². The number of H-pyrrole nitrogens is 1. The second kappa shape index (κ2) is 0.832. The SMILES string of the molecule is c1cc2[nH]c1CN2. The fourth-order valence-electron chi connectivity index (χ4n) is 0.837. The van der Waals surface area contributed by atoms with E-state index in [0.717, 1.165) is 12.4 Å². The molecule has 36 valence electrons. The molecule has 1 aromatic heterocycles. The molecule has 0 aromatic carbocycles. The van der Waals surface area contributed by atoms with Crippen LogP contribution in [0.1, 0.15) is 5.69 Å². The number of anilines is 1. The molecule has 1 aliphatic rings. The molecular weight excluding hydrogens is 88.1 g/mol. The summed E-state index contributed by atoms with van der Waals surface area (Å²) in [5, 5.41) is 3.14. The molecule has 0 saturated carbocycles. The van der Waals surface area contributed by atoms with Crippen molar-refractivity contribution in [3.8, 4) is 0 Å². The molecule has 7 heavy (non-hydrogen) atoms. The van der Waals surface area contributed by atoms with E-state index in [4.69, 9.17) is 0 Å². The molecule has 2 N–H and O–H groups in total. The van der Waals surface area contributed by atoms with Gasteiger partial charge < -0.3 is 10.3 Å². The van der Waals surface area contributed by atoms with E-state index < -0.39 is 0 Å². The average Bonchev–Trinajstić information content (AvgIpc) is 2.22. The largest absolute Gasteiger partial charge is 0.366 e. The average molecular weight is 94.1 g/mol. The third-order valence-electron chi connectivity index (χ3n) is 1.22. The lowest BCUT2D eigenvalue weighted by Gasteiger charge is -1.91. The van der Waals surface area contributed by atoms with E-state index >= 15 is 0 Å². The van der Waals surface area contributed by atoms with E-state index in [1.165, 1.54) is 5.69 Å². The standard InChI is InChI=1S/C5H6N2/c1-2-5-6-3-4(1)7-5/h1-2,6-7H,3H2. The van der Waals surface area contributed by atoms with Gasteiger partial charge in [0, 0.05) is 5.69 Å². The quantitative estimate of drug-likeness (QED) is 0.492. The Morgan fingerprint density at radius 1 is 1.43 bits per heavy atom. The fraction of sp³-hybridized carbons (Fsp3) is 0.200. The molecule has 2 heteroatoms. The van der Waals surface area contributed by atoms with Crippen LogP contribution in [0.3, 0.4) is 0 Å². The van der Waals surface area contributed by atoms with Gasteiger partial charge in [0.25, 0.3) is 0 Å². The first-order valence-electron chi connectivity index (χ1n) is 2.37. The lowest BCUT2D eigenvalue weighted by Crippen LogP contribution is -1.90. The fourth-order valence-corrected chi connectivity index (χ4v) is 0.837. The first-order chi connectivity index (χ1) is 3.45. The van der Waals surface area contributed by atoms with E-state index in [-0.39, 0.29) is 0 Å². The Balaban J connectivity index is 2.71. The molecule has 2 bridgehead atoms. The van der Waals surface area contributed by atoms with E-state index in [9.17, 15) is 0 Å². The third-order valence-corrected chi connectivity index (χ3v) is 1.22. The van der Waals surface area contributed by atoms with Gasteiger partial charge in [0.15, 0.2) is 0 Å². The van der Waals surface area contributed by atoms with Gasteiger partial charge in [-0.25, -0.2) is 0 Å². The summed E-state index contributed by atoms with van der Waals surface area (Å²) < 4.78 is 0. The maximum Gasteiger partial charge on any atom is 0.103 e. The Morgan fingerprint density at radius 3 is 2.57 bits per heavy atom. The zero-order chi connectivity index (χ0) is 4.69. The molecule has 0 radical (unpaired) electrons. The van der Waals surface area contributed by atoms with Crippen LogP contribution >= 0.6 is 0 Å². The maximum atomic E-state index is 3.14. The van der Waals surface area contributed by atoms with Crippen molar-refractivity contribution in [2.45, 2.75) is 6.54 Å². The van der Waals surface area contributed by atoms with Gasteiger partial charge in [0.2, 0.25) is 0 Å². The highest BCUT2D eigenvalue weighted by atomic mass is 15.1. The highest BCUT2D eigenvalue weighted by Gasteiger charge is 2.03. The van der Waals surface area contributed by atoms with Gasteiger partial charge in [0.05, 0.1) is 6.54 Å². The number of fused-ring (bicyclic) bond motifs is 2. The van der Waals surface area contributed by atoms with E-state index in [1.807, 2.05) is 6.07 Å². The summed E-state index contributed by atoms with van der Waals surface area (Å²) in [6, 6.07) is 4.13. The predicted molar refractivity (Wildman–Crippen MR) is 28.1 cm³/mol. The normalized spacial score (nSPS) is 14.3. The van der Waals surface area contributed by atoms with Crippen LogP contribution in [0.15, 0.2) is 12.1 Å². The summed E-state index contributed by atoms with van der Waals surface area (Å²) in [5.41, 5.74) is 1.29. The summed E-state index contributed by atoms with van der Waals surface area (Å²) in [6.45, 7) is 0.992. The lowest BCUT2D eigenvalue weighted by atomic mass is 10.4. The molecular formula is C5H6N2. The first-order valence-corrected chi connectivity index (χ1v) is 2.37. The molecule has 1 aliphatic heterocycles. The van der Waals surface area contributed by atoms with Gasteiger partial charge >= 0.3 is 0 Å². The first kappa shape index (κ1) is 3.13. The third kappa shape index (κ3) is 0.282. The van der Waals surface area contributed by atoms with Crippen molar-refractivity contribution in [1.29, 1.82) is 0 Å². The summed E-state index contributed by atoms with van der Waals surface area (Å²) in [5.74, 6) is 1.15. The highest BCUT2D eigenvalue weighted by Crippen LogP contribution is 2.14. The van der Waals surface area contributed by atoms with Crippen molar-refractivity contribution in [1.82, 2.24) is 4.98 Å². The predicted octanol–water partition coefficient (Wildman–Crippen LogP) is 0.940. The number of aromatic nitrogens is 1. The van der Waals surface area contributed by atoms with Crippen molar-refractivity contribution in [3.05, 3.63) is 17.8 Å². The van der Waals surface area contributed by atoms with Crippen LogP contribution < -0.4 is 5.32 Å². The van der Waals surface area contributed by atoms with Crippen molar-refractivity contribution in [2.75, 3.05) is 5.32 Å². The van der Waals surface area contributed by atoms with Gasteiger partial charge in [-0.3, -0.25) is 0 Å². The minimum Gasteiger partial charge on any atom is -0.366 e. The zero-order valence-electron chi connectivity index (χ0n) is 3.86. The number of nitrogens with one attached hydrogen (secondary N) is 2. The number of aromatic amines is 1. The number of hydrogen-bond acceptors (Lipinski definition) is 1. The van der Waals surface area contributed by atoms with Crippen LogP contribution in [0.5, 0.6) is 0 Å². The number of rotatable bonds is 0. The molecule has 0 unspecified atom stereocenters. The van der Waals surface area contributed by atoms with Gasteiger partial charge in [-0.05, 0) is 12.1 Å². The molecule has 0 fully saturated rings. The summed E-state index contributed by atoms with van der Waals surface area (Å²) in [7, 11) is 0.